The van der Waals surface area contributed by atoms with Gasteiger partial charge in [0.15, 0.2) is 11.5 Å². The molecule has 2 aromatic rings. The van der Waals surface area contributed by atoms with Gasteiger partial charge in [-0.1, -0.05) is 23.7 Å². The van der Waals surface area contributed by atoms with Crippen LogP contribution in [0.3, 0.4) is 0 Å². The lowest BCUT2D eigenvalue weighted by Crippen LogP contribution is -2.47. The third-order valence-electron chi connectivity index (χ3n) is 5.14. The molecule has 0 aliphatic carbocycles. The van der Waals surface area contributed by atoms with Crippen molar-refractivity contribution in [3.05, 3.63) is 58.4 Å². The van der Waals surface area contributed by atoms with Crippen molar-refractivity contribution in [2.75, 3.05) is 33.0 Å². The largest absolute Gasteiger partial charge is 0.454 e. The third-order valence-corrected chi connectivity index (χ3v) is 5.47. The number of rotatable bonds is 5. The Morgan fingerprint density at radius 2 is 2.14 bits per heavy atom. The fourth-order valence-corrected chi connectivity index (χ4v) is 4.05. The molecule has 0 radical (unpaired) electrons. The van der Waals surface area contributed by atoms with Crippen LogP contribution in [-0.4, -0.2) is 49.9 Å². The second-order valence-electron chi connectivity index (χ2n) is 7.08. The molecule has 2 unspecified atom stereocenters. The molecule has 2 aliphatic rings. The van der Waals surface area contributed by atoms with Crippen molar-refractivity contribution in [2.24, 2.45) is 0 Å². The second kappa shape index (κ2) is 8.57. The number of hydrogen-bond acceptors (Lipinski definition) is 5. The minimum atomic E-state index is -0.423. The first-order valence-electron chi connectivity index (χ1n) is 9.51. The average Bonchev–Trinajstić information content (AvgIpc) is 3.18. The van der Waals surface area contributed by atoms with Crippen molar-refractivity contribution < 1.29 is 23.4 Å². The molecule has 2 heterocycles. The van der Waals surface area contributed by atoms with E-state index in [0.717, 1.165) is 0 Å². The highest BCUT2D eigenvalue weighted by atomic mass is 35.5. The van der Waals surface area contributed by atoms with Gasteiger partial charge in [-0.05, 0) is 31.2 Å². The van der Waals surface area contributed by atoms with Gasteiger partial charge in [0, 0.05) is 30.2 Å². The Balaban J connectivity index is 1.57. The molecule has 1 fully saturated rings. The predicted molar refractivity (Wildman–Crippen MR) is 106 cm³/mol. The highest BCUT2D eigenvalue weighted by Gasteiger charge is 2.30. The van der Waals surface area contributed by atoms with Crippen LogP contribution < -0.4 is 14.8 Å². The second-order valence-corrected chi connectivity index (χ2v) is 7.48. The van der Waals surface area contributed by atoms with Crippen molar-refractivity contribution in [3.63, 3.8) is 0 Å². The topological polar surface area (TPSA) is 60.0 Å². The summed E-state index contributed by atoms with van der Waals surface area (Å²) >= 11 is 6.34. The molecule has 2 aliphatic heterocycles. The molecule has 2 atom stereocenters. The number of halogens is 2. The summed E-state index contributed by atoms with van der Waals surface area (Å²) in [6.07, 6.45) is 0.00967. The van der Waals surface area contributed by atoms with Gasteiger partial charge in [0.05, 0.1) is 24.3 Å². The summed E-state index contributed by atoms with van der Waals surface area (Å²) in [5.74, 6) is 0.248. The summed E-state index contributed by atoms with van der Waals surface area (Å²) in [7, 11) is 0. The van der Waals surface area contributed by atoms with Crippen LogP contribution in [0, 0.1) is 5.82 Å². The minimum Gasteiger partial charge on any atom is -0.454 e. The normalized spacial score (nSPS) is 19.8. The highest BCUT2D eigenvalue weighted by molar-refractivity contribution is 6.31. The maximum atomic E-state index is 14.7. The Bertz CT molecular complexity index is 890. The standard InChI is InChI=1S/C21H22ClFN2O4/c1-13-11-25(8-9-27-13)17(19-15(22)5-3-6-16(19)23)10-24-21(26)14-4-2-7-18-20(14)29-12-28-18/h2-7,13,17H,8-12H2,1H3,(H,24,26). The summed E-state index contributed by atoms with van der Waals surface area (Å²) in [5, 5.41) is 3.25. The monoisotopic (exact) mass is 420 g/mol. The van der Waals surface area contributed by atoms with Crippen molar-refractivity contribution in [2.45, 2.75) is 19.1 Å². The van der Waals surface area contributed by atoms with Crippen molar-refractivity contribution in [1.82, 2.24) is 10.2 Å². The van der Waals surface area contributed by atoms with Crippen LogP contribution >= 0.6 is 11.6 Å². The number of carbonyl (C=O) groups excluding carboxylic acids is 1. The van der Waals surface area contributed by atoms with E-state index in [1.807, 2.05) is 6.92 Å². The number of carbonyl (C=O) groups is 1. The average molecular weight is 421 g/mol. The zero-order valence-electron chi connectivity index (χ0n) is 16.0. The summed E-state index contributed by atoms with van der Waals surface area (Å²) in [5.41, 5.74) is 0.759. The maximum absolute atomic E-state index is 14.7. The van der Waals surface area contributed by atoms with Gasteiger partial charge >= 0.3 is 0 Å². The minimum absolute atomic E-state index is 0.00967. The molecule has 6 nitrogen and oxygen atoms in total. The third kappa shape index (κ3) is 4.17. The van der Waals surface area contributed by atoms with Gasteiger partial charge < -0.3 is 19.5 Å². The SMILES string of the molecule is CC1CN(C(CNC(=O)c2cccc3c2OCO3)c2c(F)cccc2Cl)CCO1. The predicted octanol–water partition coefficient (Wildman–Crippen LogP) is 3.40. The molecule has 154 valence electrons. The lowest BCUT2D eigenvalue weighted by molar-refractivity contribution is -0.0346. The quantitative estimate of drug-likeness (QED) is 0.803. The number of morpholine rings is 1. The van der Waals surface area contributed by atoms with E-state index in [-0.39, 0.29) is 25.3 Å². The number of nitrogens with one attached hydrogen (secondary N) is 1. The van der Waals surface area contributed by atoms with Crippen LogP contribution in [0.25, 0.3) is 0 Å². The molecular formula is C21H22ClFN2O4. The fraction of sp³-hybridized carbons (Fsp3) is 0.381. The van der Waals surface area contributed by atoms with Crippen LogP contribution in [0.1, 0.15) is 28.9 Å². The Kier molecular flexibility index (Phi) is 5.89. The number of amides is 1. The first kappa shape index (κ1) is 19.9. The van der Waals surface area contributed by atoms with Gasteiger partial charge in [-0.15, -0.1) is 0 Å². The van der Waals surface area contributed by atoms with E-state index in [1.54, 1.807) is 30.3 Å². The summed E-state index contributed by atoms with van der Waals surface area (Å²) in [4.78, 5) is 14.9. The van der Waals surface area contributed by atoms with E-state index in [1.165, 1.54) is 6.07 Å². The summed E-state index contributed by atoms with van der Waals surface area (Å²) in [6.45, 7) is 4.01. The van der Waals surface area contributed by atoms with Gasteiger partial charge in [-0.2, -0.15) is 0 Å². The van der Waals surface area contributed by atoms with Crippen LogP contribution in [0.5, 0.6) is 11.5 Å². The van der Waals surface area contributed by atoms with E-state index >= 15 is 0 Å². The molecule has 0 saturated carbocycles. The van der Waals surface area contributed by atoms with Gasteiger partial charge in [-0.25, -0.2) is 4.39 Å². The fourth-order valence-electron chi connectivity index (χ4n) is 3.76. The highest BCUT2D eigenvalue weighted by Crippen LogP contribution is 2.35. The van der Waals surface area contributed by atoms with Gasteiger partial charge in [0.2, 0.25) is 6.79 Å². The molecule has 0 spiro atoms. The molecule has 1 N–H and O–H groups in total. The number of ether oxygens (including phenoxy) is 3. The van der Waals surface area contributed by atoms with Crippen molar-refractivity contribution in [1.29, 1.82) is 0 Å². The molecule has 4 rings (SSSR count). The first-order chi connectivity index (χ1) is 14.0. The molecule has 1 saturated heterocycles. The Hall–Kier alpha value is -2.35. The molecule has 0 aromatic heterocycles. The Morgan fingerprint density at radius 3 is 2.93 bits per heavy atom. The van der Waals surface area contributed by atoms with E-state index in [2.05, 4.69) is 10.2 Å². The Labute approximate surface area is 173 Å². The van der Waals surface area contributed by atoms with E-state index < -0.39 is 11.9 Å². The zero-order chi connectivity index (χ0) is 20.4. The Morgan fingerprint density at radius 1 is 1.31 bits per heavy atom. The van der Waals surface area contributed by atoms with Crippen molar-refractivity contribution >= 4 is 17.5 Å². The van der Waals surface area contributed by atoms with Gasteiger partial charge in [0.1, 0.15) is 5.82 Å². The smallest absolute Gasteiger partial charge is 0.255 e. The van der Waals surface area contributed by atoms with Crippen LogP contribution in [-0.2, 0) is 4.74 Å². The van der Waals surface area contributed by atoms with Crippen LogP contribution in [0.4, 0.5) is 4.39 Å². The molecule has 1 amide bonds. The van der Waals surface area contributed by atoms with Gasteiger partial charge in [0.25, 0.3) is 5.91 Å². The van der Waals surface area contributed by atoms with Crippen LogP contribution in [0.2, 0.25) is 5.02 Å². The number of benzene rings is 2. The van der Waals surface area contributed by atoms with E-state index in [4.69, 9.17) is 25.8 Å². The van der Waals surface area contributed by atoms with E-state index in [9.17, 15) is 9.18 Å². The summed E-state index contributed by atoms with van der Waals surface area (Å²) < 4.78 is 31.1. The molecule has 29 heavy (non-hydrogen) atoms. The molecule has 2 aromatic carbocycles. The number of para-hydroxylation sites is 1. The molecular weight excluding hydrogens is 399 g/mol. The number of nitrogens with zero attached hydrogens (tertiary/aromatic N) is 1. The number of fused-ring (bicyclic) bond motifs is 1. The lowest BCUT2D eigenvalue weighted by atomic mass is 10.0. The van der Waals surface area contributed by atoms with Gasteiger partial charge in [-0.3, -0.25) is 9.69 Å². The maximum Gasteiger partial charge on any atom is 0.255 e. The molecule has 8 heteroatoms. The first-order valence-corrected chi connectivity index (χ1v) is 9.88. The lowest BCUT2D eigenvalue weighted by Gasteiger charge is -2.38. The van der Waals surface area contributed by atoms with E-state index in [0.29, 0.717) is 47.3 Å². The van der Waals surface area contributed by atoms with Crippen molar-refractivity contribution in [3.8, 4) is 11.5 Å². The zero-order valence-corrected chi connectivity index (χ0v) is 16.7. The number of hydrogen-bond donors (Lipinski definition) is 1. The molecule has 0 bridgehead atoms. The summed E-state index contributed by atoms with van der Waals surface area (Å²) in [6, 6.07) is 9.35. The van der Waals surface area contributed by atoms with Crippen LogP contribution in [0.15, 0.2) is 36.4 Å².